The Morgan fingerprint density at radius 2 is 2.35 bits per heavy atom. The molecule has 1 fully saturated rings. The molecule has 2 rings (SSSR count). The Labute approximate surface area is 100 Å². The zero-order valence-corrected chi connectivity index (χ0v) is 10.0. The van der Waals surface area contributed by atoms with Gasteiger partial charge in [0.1, 0.15) is 6.04 Å². The molecule has 17 heavy (non-hydrogen) atoms. The van der Waals surface area contributed by atoms with Crippen LogP contribution in [0.15, 0.2) is 4.52 Å². The van der Waals surface area contributed by atoms with Crippen LogP contribution in [0.5, 0.6) is 0 Å². The quantitative estimate of drug-likeness (QED) is 0.800. The first-order valence-electron chi connectivity index (χ1n) is 6.04. The number of nitrogens with zero attached hydrogens (tertiary/aromatic N) is 2. The lowest BCUT2D eigenvalue weighted by molar-refractivity contribution is 0.0153. The number of hydrogen-bond acceptors (Lipinski definition) is 6. The maximum Gasteiger partial charge on any atom is 0.246 e. The van der Waals surface area contributed by atoms with Crippen LogP contribution >= 0.6 is 0 Å². The topological polar surface area (TPSA) is 94.4 Å². The lowest BCUT2D eigenvalue weighted by atomic mass is 10.1. The second kappa shape index (κ2) is 5.57. The third-order valence-electron chi connectivity index (χ3n) is 2.97. The lowest BCUT2D eigenvalue weighted by Gasteiger charge is -2.20. The first-order valence-corrected chi connectivity index (χ1v) is 6.04. The largest absolute Gasteiger partial charge is 0.391 e. The van der Waals surface area contributed by atoms with Crippen molar-refractivity contribution in [2.24, 2.45) is 5.73 Å². The third-order valence-corrected chi connectivity index (χ3v) is 2.97. The van der Waals surface area contributed by atoms with Crippen molar-refractivity contribution in [3.63, 3.8) is 0 Å². The lowest BCUT2D eigenvalue weighted by Crippen LogP contribution is -2.24. The predicted octanol–water partition coefficient (Wildman–Crippen LogP) is 0.562. The van der Waals surface area contributed by atoms with Gasteiger partial charge in [-0.25, -0.2) is 0 Å². The highest BCUT2D eigenvalue weighted by Crippen LogP contribution is 2.17. The van der Waals surface area contributed by atoms with Crippen LogP contribution in [0.25, 0.3) is 0 Å². The van der Waals surface area contributed by atoms with Gasteiger partial charge in [-0.2, -0.15) is 4.98 Å². The summed E-state index contributed by atoms with van der Waals surface area (Å²) in [5.41, 5.74) is 5.71. The molecule has 1 saturated heterocycles. The molecule has 0 aliphatic carbocycles. The smallest absolute Gasteiger partial charge is 0.246 e. The van der Waals surface area contributed by atoms with Crippen LogP contribution in [-0.2, 0) is 11.2 Å². The molecule has 3 N–H and O–H groups in total. The summed E-state index contributed by atoms with van der Waals surface area (Å²) < 4.78 is 10.6. The Hall–Kier alpha value is -0.980. The molecule has 0 spiro atoms. The number of rotatable bonds is 4. The van der Waals surface area contributed by atoms with Crippen molar-refractivity contribution >= 4 is 0 Å². The highest BCUT2D eigenvalue weighted by atomic mass is 16.5. The summed E-state index contributed by atoms with van der Waals surface area (Å²) in [7, 11) is 0. The third kappa shape index (κ3) is 3.24. The summed E-state index contributed by atoms with van der Waals surface area (Å²) in [5.74, 6) is 0.883. The number of aliphatic hydroxyl groups excluding tert-OH is 1. The zero-order chi connectivity index (χ0) is 12.3. The van der Waals surface area contributed by atoms with E-state index in [4.69, 9.17) is 15.0 Å². The van der Waals surface area contributed by atoms with Gasteiger partial charge in [0.2, 0.25) is 5.89 Å². The average molecular weight is 241 g/mol. The molecule has 2 heterocycles. The van der Waals surface area contributed by atoms with E-state index in [2.05, 4.69) is 10.1 Å². The minimum atomic E-state index is -0.700. The molecule has 6 heteroatoms. The first-order chi connectivity index (χ1) is 8.16. The monoisotopic (exact) mass is 241 g/mol. The van der Waals surface area contributed by atoms with Gasteiger partial charge in [0, 0.05) is 13.0 Å². The van der Waals surface area contributed by atoms with E-state index < -0.39 is 12.1 Å². The van der Waals surface area contributed by atoms with Crippen molar-refractivity contribution in [3.8, 4) is 0 Å². The van der Waals surface area contributed by atoms with Crippen LogP contribution < -0.4 is 5.73 Å². The van der Waals surface area contributed by atoms with E-state index in [1.165, 1.54) is 6.42 Å². The molecule has 96 valence electrons. The summed E-state index contributed by atoms with van der Waals surface area (Å²) >= 11 is 0. The highest BCUT2D eigenvalue weighted by molar-refractivity contribution is 4.95. The summed E-state index contributed by atoms with van der Waals surface area (Å²) in [4.78, 5) is 4.18. The molecule has 0 aromatic carbocycles. The minimum absolute atomic E-state index is 0.178. The van der Waals surface area contributed by atoms with E-state index in [0.717, 1.165) is 19.4 Å². The van der Waals surface area contributed by atoms with Crippen molar-refractivity contribution in [1.82, 2.24) is 10.1 Å². The predicted molar refractivity (Wildman–Crippen MR) is 60.2 cm³/mol. The molecule has 1 aliphatic rings. The number of aromatic nitrogens is 2. The van der Waals surface area contributed by atoms with Gasteiger partial charge in [0.05, 0.1) is 12.2 Å². The maximum atomic E-state index is 9.33. The summed E-state index contributed by atoms with van der Waals surface area (Å²) in [6, 6.07) is -0.622. The first kappa shape index (κ1) is 12.5. The van der Waals surface area contributed by atoms with Crippen molar-refractivity contribution in [3.05, 3.63) is 11.7 Å². The molecule has 0 radical (unpaired) electrons. The minimum Gasteiger partial charge on any atom is -0.391 e. The Kier molecular flexibility index (Phi) is 4.09. The fraction of sp³-hybridized carbons (Fsp3) is 0.818. The molecule has 3 unspecified atom stereocenters. The van der Waals surface area contributed by atoms with Crippen molar-refractivity contribution in [2.75, 3.05) is 6.61 Å². The summed E-state index contributed by atoms with van der Waals surface area (Å²) in [6.45, 7) is 2.40. The molecular weight excluding hydrogens is 222 g/mol. The van der Waals surface area contributed by atoms with Gasteiger partial charge in [0.15, 0.2) is 5.82 Å². The van der Waals surface area contributed by atoms with Crippen LogP contribution in [0, 0.1) is 0 Å². The fourth-order valence-electron chi connectivity index (χ4n) is 1.86. The van der Waals surface area contributed by atoms with E-state index in [1.807, 2.05) is 0 Å². The maximum absolute atomic E-state index is 9.33. The number of ether oxygens (including phenoxy) is 1. The van der Waals surface area contributed by atoms with Crippen LogP contribution in [0.1, 0.15) is 43.9 Å². The molecule has 6 nitrogen and oxygen atoms in total. The van der Waals surface area contributed by atoms with Gasteiger partial charge in [-0.15, -0.1) is 0 Å². The second-order valence-corrected chi connectivity index (χ2v) is 4.51. The molecule has 1 aliphatic heterocycles. The van der Waals surface area contributed by atoms with Crippen LogP contribution in [-0.4, -0.2) is 34.1 Å². The van der Waals surface area contributed by atoms with E-state index in [-0.39, 0.29) is 12.0 Å². The van der Waals surface area contributed by atoms with Crippen LogP contribution in [0.4, 0.5) is 0 Å². The number of nitrogens with two attached hydrogens (primary N) is 1. The molecular formula is C11H19N3O3. The van der Waals surface area contributed by atoms with Gasteiger partial charge in [0.25, 0.3) is 0 Å². The average Bonchev–Trinajstić information content (AvgIpc) is 2.77. The molecule has 3 atom stereocenters. The van der Waals surface area contributed by atoms with E-state index >= 15 is 0 Å². The van der Waals surface area contributed by atoms with E-state index in [0.29, 0.717) is 12.2 Å². The van der Waals surface area contributed by atoms with Crippen LogP contribution in [0.3, 0.4) is 0 Å². The zero-order valence-electron chi connectivity index (χ0n) is 10.0. The van der Waals surface area contributed by atoms with Crippen molar-refractivity contribution in [1.29, 1.82) is 0 Å². The van der Waals surface area contributed by atoms with Gasteiger partial charge in [-0.3, -0.25) is 0 Å². The molecule has 1 aromatic heterocycles. The van der Waals surface area contributed by atoms with E-state index in [9.17, 15) is 5.11 Å². The summed E-state index contributed by atoms with van der Waals surface area (Å²) in [6.07, 6.45) is 3.47. The normalized spacial score (nSPS) is 24.5. The highest BCUT2D eigenvalue weighted by Gasteiger charge is 2.22. The molecule has 1 aromatic rings. The Bertz CT molecular complexity index is 347. The van der Waals surface area contributed by atoms with E-state index in [1.54, 1.807) is 6.92 Å². The Morgan fingerprint density at radius 1 is 1.53 bits per heavy atom. The Morgan fingerprint density at radius 3 is 3.00 bits per heavy atom. The molecule has 0 bridgehead atoms. The SMILES string of the molecule is CC(O)C(N)c1nc(CC2CCCCO2)no1. The fourth-order valence-corrected chi connectivity index (χ4v) is 1.86. The standard InChI is InChI=1S/C11H19N3O3/c1-7(15)10(12)11-13-9(14-17-11)6-8-4-2-3-5-16-8/h7-8,10,15H,2-6,12H2,1H3. The second-order valence-electron chi connectivity index (χ2n) is 4.51. The van der Waals surface area contributed by atoms with Gasteiger partial charge in [-0.05, 0) is 26.2 Å². The van der Waals surface area contributed by atoms with Crippen LogP contribution in [0.2, 0.25) is 0 Å². The molecule has 0 saturated carbocycles. The number of hydrogen-bond donors (Lipinski definition) is 2. The number of aliphatic hydroxyl groups is 1. The van der Waals surface area contributed by atoms with Gasteiger partial charge in [-0.1, -0.05) is 5.16 Å². The van der Waals surface area contributed by atoms with Crippen molar-refractivity contribution in [2.45, 2.75) is 50.9 Å². The summed E-state index contributed by atoms with van der Waals surface area (Å²) in [5, 5.41) is 13.2. The van der Waals surface area contributed by atoms with Gasteiger partial charge < -0.3 is 20.1 Å². The van der Waals surface area contributed by atoms with Crippen molar-refractivity contribution < 1.29 is 14.4 Å². The molecule has 0 amide bonds. The van der Waals surface area contributed by atoms with Gasteiger partial charge >= 0.3 is 0 Å². The Balaban J connectivity index is 1.93.